The monoisotopic (exact) mass is 251 g/mol. The molecule has 4 nitrogen and oxygen atoms in total. The third-order valence-corrected chi connectivity index (χ3v) is 2.65. The Balaban J connectivity index is 2.61. The van der Waals surface area contributed by atoms with E-state index >= 15 is 0 Å². The van der Waals surface area contributed by atoms with Crippen molar-refractivity contribution in [2.75, 3.05) is 32.2 Å². The third kappa shape index (κ3) is 5.47. The lowest BCUT2D eigenvalue weighted by Gasteiger charge is -2.22. The first kappa shape index (κ1) is 14.9. The number of hydrogen-bond acceptors (Lipinski definition) is 4. The van der Waals surface area contributed by atoms with Crippen LogP contribution in [0.4, 0.5) is 5.82 Å². The molecule has 0 unspecified atom stereocenters. The fourth-order valence-corrected chi connectivity index (χ4v) is 1.49. The number of aromatic nitrogens is 1. The van der Waals surface area contributed by atoms with E-state index in [2.05, 4.69) is 42.0 Å². The molecule has 0 spiro atoms. The van der Waals surface area contributed by atoms with Crippen LogP contribution < -0.4 is 10.2 Å². The summed E-state index contributed by atoms with van der Waals surface area (Å²) in [5.74, 6) is 0.986. The van der Waals surface area contributed by atoms with E-state index in [1.165, 1.54) is 5.56 Å². The summed E-state index contributed by atoms with van der Waals surface area (Å²) in [7, 11) is 3.74. The molecule has 0 amide bonds. The van der Waals surface area contributed by atoms with Crippen molar-refractivity contribution in [2.45, 2.75) is 32.9 Å². The molecular formula is C14H25N3O. The molecule has 0 radical (unpaired) electrons. The highest BCUT2D eigenvalue weighted by atomic mass is 16.5. The van der Waals surface area contributed by atoms with Gasteiger partial charge in [0.05, 0.1) is 6.61 Å². The van der Waals surface area contributed by atoms with Gasteiger partial charge in [-0.05, 0) is 38.5 Å². The van der Waals surface area contributed by atoms with Crippen LogP contribution in [0.1, 0.15) is 26.3 Å². The van der Waals surface area contributed by atoms with Gasteiger partial charge in [0.2, 0.25) is 0 Å². The van der Waals surface area contributed by atoms with Gasteiger partial charge >= 0.3 is 0 Å². The van der Waals surface area contributed by atoms with E-state index in [4.69, 9.17) is 4.74 Å². The van der Waals surface area contributed by atoms with Crippen LogP contribution in [0.5, 0.6) is 0 Å². The summed E-state index contributed by atoms with van der Waals surface area (Å²) in [5, 5.41) is 3.48. The maximum absolute atomic E-state index is 5.07. The quantitative estimate of drug-likeness (QED) is 0.839. The number of anilines is 1. The maximum Gasteiger partial charge on any atom is 0.128 e. The molecule has 1 rings (SSSR count). The summed E-state index contributed by atoms with van der Waals surface area (Å²) in [6, 6.07) is 4.17. The molecule has 0 aromatic carbocycles. The molecule has 0 bridgehead atoms. The van der Waals surface area contributed by atoms with E-state index in [0.717, 1.165) is 18.9 Å². The van der Waals surface area contributed by atoms with Crippen LogP contribution in [0.25, 0.3) is 0 Å². The van der Waals surface area contributed by atoms with Gasteiger partial charge < -0.3 is 15.0 Å². The molecule has 0 atom stereocenters. The number of methoxy groups -OCH3 is 1. The van der Waals surface area contributed by atoms with E-state index in [9.17, 15) is 0 Å². The molecule has 1 aromatic heterocycles. The standard InChI is InChI=1S/C14H25N3O/c1-14(2,3)16-11-12-6-7-15-13(10-12)17(4)8-9-18-5/h6-7,10,16H,8-9,11H2,1-5H3. The van der Waals surface area contributed by atoms with Crippen molar-refractivity contribution in [2.24, 2.45) is 0 Å². The summed E-state index contributed by atoms with van der Waals surface area (Å²) in [6.45, 7) is 8.92. The van der Waals surface area contributed by atoms with Crippen molar-refractivity contribution in [3.63, 3.8) is 0 Å². The molecule has 0 saturated heterocycles. The van der Waals surface area contributed by atoms with Gasteiger partial charge in [-0.1, -0.05) is 0 Å². The minimum Gasteiger partial charge on any atom is -0.383 e. The first-order valence-electron chi connectivity index (χ1n) is 6.32. The van der Waals surface area contributed by atoms with E-state index in [1.54, 1.807) is 7.11 Å². The zero-order chi connectivity index (χ0) is 13.6. The average Bonchev–Trinajstić information content (AvgIpc) is 2.33. The number of rotatable bonds is 6. The molecule has 0 fully saturated rings. The first-order chi connectivity index (χ1) is 8.42. The predicted octanol–water partition coefficient (Wildman–Crippen LogP) is 2.05. The molecule has 0 aliphatic heterocycles. The number of hydrogen-bond donors (Lipinski definition) is 1. The molecule has 0 aliphatic rings. The molecular weight excluding hydrogens is 226 g/mol. The van der Waals surface area contributed by atoms with Gasteiger partial charge in [0.1, 0.15) is 5.82 Å². The third-order valence-electron chi connectivity index (χ3n) is 2.65. The minimum absolute atomic E-state index is 0.130. The second kappa shape index (κ2) is 6.71. The van der Waals surface area contributed by atoms with E-state index < -0.39 is 0 Å². The van der Waals surface area contributed by atoms with Gasteiger partial charge in [-0.2, -0.15) is 0 Å². The highest BCUT2D eigenvalue weighted by molar-refractivity contribution is 5.40. The topological polar surface area (TPSA) is 37.4 Å². The Hall–Kier alpha value is -1.13. The lowest BCUT2D eigenvalue weighted by atomic mass is 10.1. The van der Waals surface area contributed by atoms with Crippen molar-refractivity contribution in [3.8, 4) is 0 Å². The van der Waals surface area contributed by atoms with Gasteiger partial charge in [-0.25, -0.2) is 4.98 Å². The van der Waals surface area contributed by atoms with Crippen LogP contribution >= 0.6 is 0 Å². The largest absolute Gasteiger partial charge is 0.383 e. The van der Waals surface area contributed by atoms with Gasteiger partial charge in [-0.15, -0.1) is 0 Å². The second-order valence-corrected chi connectivity index (χ2v) is 5.54. The highest BCUT2D eigenvalue weighted by Gasteiger charge is 2.09. The summed E-state index contributed by atoms with van der Waals surface area (Å²) >= 11 is 0. The first-order valence-corrected chi connectivity index (χ1v) is 6.32. The van der Waals surface area contributed by atoms with Crippen LogP contribution in [0, 0.1) is 0 Å². The zero-order valence-electron chi connectivity index (χ0n) is 12.2. The SMILES string of the molecule is COCCN(C)c1cc(CNC(C)(C)C)ccn1. The Morgan fingerprint density at radius 3 is 2.72 bits per heavy atom. The number of ether oxygens (including phenoxy) is 1. The minimum atomic E-state index is 0.130. The van der Waals surface area contributed by atoms with Crippen LogP contribution in [-0.2, 0) is 11.3 Å². The van der Waals surface area contributed by atoms with Crippen molar-refractivity contribution < 1.29 is 4.74 Å². The zero-order valence-corrected chi connectivity index (χ0v) is 12.2. The normalized spacial score (nSPS) is 11.6. The van der Waals surface area contributed by atoms with E-state index in [0.29, 0.717) is 6.61 Å². The predicted molar refractivity (Wildman–Crippen MR) is 76.0 cm³/mol. The smallest absolute Gasteiger partial charge is 0.128 e. The van der Waals surface area contributed by atoms with Crippen LogP contribution in [-0.4, -0.2) is 37.8 Å². The van der Waals surface area contributed by atoms with Gasteiger partial charge in [0, 0.05) is 39.0 Å². The Labute approximate surface area is 110 Å². The van der Waals surface area contributed by atoms with Crippen LogP contribution in [0.15, 0.2) is 18.3 Å². The molecule has 1 aromatic rings. The van der Waals surface area contributed by atoms with Gasteiger partial charge in [0.25, 0.3) is 0 Å². The summed E-state index contributed by atoms with van der Waals surface area (Å²) in [6.07, 6.45) is 1.86. The van der Waals surface area contributed by atoms with E-state index in [1.807, 2.05) is 19.3 Å². The Morgan fingerprint density at radius 2 is 2.11 bits per heavy atom. The van der Waals surface area contributed by atoms with Crippen molar-refractivity contribution in [3.05, 3.63) is 23.9 Å². The number of pyridine rings is 1. The van der Waals surface area contributed by atoms with Gasteiger partial charge in [0.15, 0.2) is 0 Å². The fraction of sp³-hybridized carbons (Fsp3) is 0.643. The molecule has 1 N–H and O–H groups in total. The molecule has 18 heavy (non-hydrogen) atoms. The molecule has 0 saturated carbocycles. The highest BCUT2D eigenvalue weighted by Crippen LogP contribution is 2.12. The lowest BCUT2D eigenvalue weighted by molar-refractivity contribution is 0.206. The Morgan fingerprint density at radius 1 is 1.39 bits per heavy atom. The summed E-state index contributed by atoms with van der Waals surface area (Å²) in [4.78, 5) is 6.48. The van der Waals surface area contributed by atoms with Crippen molar-refractivity contribution in [1.82, 2.24) is 10.3 Å². The van der Waals surface area contributed by atoms with Crippen molar-refractivity contribution in [1.29, 1.82) is 0 Å². The average molecular weight is 251 g/mol. The number of nitrogens with one attached hydrogen (secondary N) is 1. The number of nitrogens with zero attached hydrogens (tertiary/aromatic N) is 2. The fourth-order valence-electron chi connectivity index (χ4n) is 1.49. The lowest BCUT2D eigenvalue weighted by Crippen LogP contribution is -2.35. The number of likely N-dealkylation sites (N-methyl/N-ethyl adjacent to an activating group) is 1. The van der Waals surface area contributed by atoms with Crippen molar-refractivity contribution >= 4 is 5.82 Å². The summed E-state index contributed by atoms with van der Waals surface area (Å²) in [5.41, 5.74) is 1.38. The molecule has 1 heterocycles. The van der Waals surface area contributed by atoms with Crippen LogP contribution in [0.3, 0.4) is 0 Å². The molecule has 0 aliphatic carbocycles. The van der Waals surface area contributed by atoms with Crippen LogP contribution in [0.2, 0.25) is 0 Å². The Bertz CT molecular complexity index is 360. The molecule has 102 valence electrons. The van der Waals surface area contributed by atoms with Gasteiger partial charge in [-0.3, -0.25) is 0 Å². The Kier molecular flexibility index (Phi) is 5.56. The maximum atomic E-state index is 5.07. The summed E-state index contributed by atoms with van der Waals surface area (Å²) < 4.78 is 5.07. The molecule has 4 heteroatoms. The van der Waals surface area contributed by atoms with E-state index in [-0.39, 0.29) is 5.54 Å². The second-order valence-electron chi connectivity index (χ2n) is 5.54.